The summed E-state index contributed by atoms with van der Waals surface area (Å²) in [4.78, 5) is 12.9. The van der Waals surface area contributed by atoms with E-state index in [0.717, 1.165) is 27.5 Å². The molecule has 29 heavy (non-hydrogen) atoms. The van der Waals surface area contributed by atoms with E-state index in [1.54, 1.807) is 18.2 Å². The van der Waals surface area contributed by atoms with Gasteiger partial charge in [-0.3, -0.25) is 4.79 Å². The minimum atomic E-state index is -0.903. The molecule has 1 amide bonds. The van der Waals surface area contributed by atoms with Crippen LogP contribution in [0.15, 0.2) is 72.8 Å². The van der Waals surface area contributed by atoms with Gasteiger partial charge in [0.1, 0.15) is 0 Å². The van der Waals surface area contributed by atoms with Gasteiger partial charge in [-0.05, 0) is 56.2 Å². The molecule has 2 N–H and O–H groups in total. The van der Waals surface area contributed by atoms with Crippen molar-refractivity contribution in [2.24, 2.45) is 0 Å². The minimum Gasteiger partial charge on any atom is -0.423 e. The van der Waals surface area contributed by atoms with Crippen molar-refractivity contribution in [3.8, 4) is 0 Å². The van der Waals surface area contributed by atoms with Gasteiger partial charge in [-0.15, -0.1) is 0 Å². The van der Waals surface area contributed by atoms with Gasteiger partial charge in [0.05, 0.1) is 6.61 Å². The lowest BCUT2D eigenvalue weighted by Crippen LogP contribution is -2.28. The quantitative estimate of drug-likeness (QED) is 0.360. The molecule has 5 aromatic carbocycles. The van der Waals surface area contributed by atoms with E-state index in [2.05, 4.69) is 53.8 Å². The summed E-state index contributed by atoms with van der Waals surface area (Å²) in [6, 6.07) is 24.0. The molecule has 0 aliphatic carbocycles. The van der Waals surface area contributed by atoms with Gasteiger partial charge < -0.3 is 15.0 Å². The Balaban J connectivity index is 1.46. The van der Waals surface area contributed by atoms with Crippen LogP contribution in [0.5, 0.6) is 0 Å². The van der Waals surface area contributed by atoms with Crippen molar-refractivity contribution >= 4 is 56.5 Å². The topological polar surface area (TPSA) is 58.6 Å². The predicted molar refractivity (Wildman–Crippen MR) is 117 cm³/mol. The SMILES string of the molecule is O=C(Nc1ccc2ccc3cccc4ccc1c2c34)c1ccc2c(c1)COB2O. The normalized spacial score (nSPS) is 13.5. The first-order valence-electron chi connectivity index (χ1n) is 9.59. The largest absolute Gasteiger partial charge is 0.491 e. The third-order valence-electron chi connectivity index (χ3n) is 5.84. The van der Waals surface area contributed by atoms with Crippen LogP contribution in [0.4, 0.5) is 5.69 Å². The van der Waals surface area contributed by atoms with Crippen LogP contribution in [-0.2, 0) is 11.3 Å². The molecule has 1 heterocycles. The zero-order chi connectivity index (χ0) is 19.5. The maximum absolute atomic E-state index is 12.9. The fraction of sp³-hybridized carbons (Fsp3) is 0.0417. The molecular weight excluding hydrogens is 361 g/mol. The summed E-state index contributed by atoms with van der Waals surface area (Å²) in [6.45, 7) is 0.316. The fourth-order valence-corrected chi connectivity index (χ4v) is 4.41. The Morgan fingerprint density at radius 2 is 1.62 bits per heavy atom. The number of hydrogen-bond donors (Lipinski definition) is 2. The molecule has 5 aromatic rings. The molecule has 0 bridgehead atoms. The molecule has 0 spiro atoms. The van der Waals surface area contributed by atoms with E-state index in [0.29, 0.717) is 12.2 Å². The van der Waals surface area contributed by atoms with Crippen molar-refractivity contribution in [2.75, 3.05) is 5.32 Å². The van der Waals surface area contributed by atoms with Crippen LogP contribution in [0.1, 0.15) is 15.9 Å². The molecule has 0 aromatic heterocycles. The van der Waals surface area contributed by atoms with Crippen LogP contribution in [0.25, 0.3) is 32.3 Å². The molecule has 5 heteroatoms. The lowest BCUT2D eigenvalue weighted by molar-refractivity contribution is 0.102. The molecule has 6 rings (SSSR count). The zero-order valence-electron chi connectivity index (χ0n) is 15.5. The summed E-state index contributed by atoms with van der Waals surface area (Å²) < 4.78 is 5.22. The average molecular weight is 377 g/mol. The van der Waals surface area contributed by atoms with Crippen molar-refractivity contribution < 1.29 is 14.5 Å². The Morgan fingerprint density at radius 3 is 2.45 bits per heavy atom. The molecule has 0 fully saturated rings. The van der Waals surface area contributed by atoms with Gasteiger partial charge in [-0.2, -0.15) is 0 Å². The number of amides is 1. The highest BCUT2D eigenvalue weighted by Crippen LogP contribution is 2.37. The minimum absolute atomic E-state index is 0.177. The van der Waals surface area contributed by atoms with Crippen molar-refractivity contribution in [2.45, 2.75) is 6.61 Å². The first-order chi connectivity index (χ1) is 14.2. The van der Waals surface area contributed by atoms with Crippen LogP contribution >= 0.6 is 0 Å². The molecule has 0 unspecified atom stereocenters. The Bertz CT molecular complexity index is 1410. The number of rotatable bonds is 2. The maximum atomic E-state index is 12.9. The van der Waals surface area contributed by atoms with Gasteiger partial charge in [0, 0.05) is 16.6 Å². The van der Waals surface area contributed by atoms with Gasteiger partial charge in [0.2, 0.25) is 0 Å². The Kier molecular flexibility index (Phi) is 3.45. The second kappa shape index (κ2) is 6.04. The van der Waals surface area contributed by atoms with E-state index in [1.807, 2.05) is 6.07 Å². The standard InChI is InChI=1S/C24H16BNO3/c27-24(17-7-10-20-18(12-17)13-29-25(20)28)26-21-11-8-16-5-4-14-2-1-3-15-6-9-19(21)23(16)22(14)15/h1-12,28H,13H2,(H,26,27). The highest BCUT2D eigenvalue weighted by atomic mass is 16.5. The molecule has 0 saturated heterocycles. The van der Waals surface area contributed by atoms with E-state index >= 15 is 0 Å². The van der Waals surface area contributed by atoms with E-state index in [4.69, 9.17) is 4.65 Å². The molecule has 0 saturated carbocycles. The molecule has 138 valence electrons. The Morgan fingerprint density at radius 1 is 0.897 bits per heavy atom. The Hall–Kier alpha value is -3.41. The zero-order valence-corrected chi connectivity index (χ0v) is 15.5. The summed E-state index contributed by atoms with van der Waals surface area (Å²) in [5, 5.41) is 19.8. The number of hydrogen-bond acceptors (Lipinski definition) is 3. The number of fused-ring (bicyclic) bond motifs is 1. The van der Waals surface area contributed by atoms with E-state index < -0.39 is 7.12 Å². The number of carbonyl (C=O) groups excluding carboxylic acids is 1. The van der Waals surface area contributed by atoms with E-state index in [1.165, 1.54) is 21.5 Å². The molecule has 1 aliphatic rings. The van der Waals surface area contributed by atoms with Crippen molar-refractivity contribution in [3.05, 3.63) is 83.9 Å². The maximum Gasteiger partial charge on any atom is 0.491 e. The molecule has 0 radical (unpaired) electrons. The van der Waals surface area contributed by atoms with Crippen LogP contribution in [0.2, 0.25) is 0 Å². The fourth-order valence-electron chi connectivity index (χ4n) is 4.41. The molecular formula is C24H16BNO3. The highest BCUT2D eigenvalue weighted by molar-refractivity contribution is 6.61. The summed E-state index contributed by atoms with van der Waals surface area (Å²) in [5.74, 6) is -0.177. The lowest BCUT2D eigenvalue weighted by Gasteiger charge is -2.14. The van der Waals surface area contributed by atoms with Crippen LogP contribution in [0, 0.1) is 0 Å². The first kappa shape index (κ1) is 16.5. The Labute approximate surface area is 167 Å². The molecule has 1 aliphatic heterocycles. The van der Waals surface area contributed by atoms with Gasteiger partial charge in [0.25, 0.3) is 5.91 Å². The van der Waals surface area contributed by atoms with E-state index in [-0.39, 0.29) is 5.91 Å². The second-order valence-corrected chi connectivity index (χ2v) is 7.50. The average Bonchev–Trinajstić information content (AvgIpc) is 3.13. The number of carbonyl (C=O) groups is 1. The van der Waals surface area contributed by atoms with Gasteiger partial charge in [0.15, 0.2) is 0 Å². The van der Waals surface area contributed by atoms with Crippen molar-refractivity contribution in [1.29, 1.82) is 0 Å². The summed E-state index contributed by atoms with van der Waals surface area (Å²) in [6.07, 6.45) is 0. The first-order valence-corrected chi connectivity index (χ1v) is 9.59. The number of anilines is 1. The second-order valence-electron chi connectivity index (χ2n) is 7.50. The van der Waals surface area contributed by atoms with Crippen LogP contribution in [-0.4, -0.2) is 18.0 Å². The number of nitrogens with one attached hydrogen (secondary N) is 1. The van der Waals surface area contributed by atoms with Crippen molar-refractivity contribution in [3.63, 3.8) is 0 Å². The van der Waals surface area contributed by atoms with Gasteiger partial charge in [-0.1, -0.05) is 54.6 Å². The summed E-state index contributed by atoms with van der Waals surface area (Å²) in [5.41, 5.74) is 2.91. The predicted octanol–water partition coefficient (Wildman–Crippen LogP) is 4.05. The highest BCUT2D eigenvalue weighted by Gasteiger charge is 2.27. The monoisotopic (exact) mass is 377 g/mol. The van der Waals surface area contributed by atoms with Gasteiger partial charge >= 0.3 is 7.12 Å². The summed E-state index contributed by atoms with van der Waals surface area (Å²) >= 11 is 0. The van der Waals surface area contributed by atoms with Crippen LogP contribution in [0.3, 0.4) is 0 Å². The smallest absolute Gasteiger partial charge is 0.423 e. The lowest BCUT2D eigenvalue weighted by atomic mass is 9.79. The van der Waals surface area contributed by atoms with Crippen molar-refractivity contribution in [1.82, 2.24) is 0 Å². The van der Waals surface area contributed by atoms with Gasteiger partial charge in [-0.25, -0.2) is 0 Å². The third-order valence-corrected chi connectivity index (χ3v) is 5.84. The number of benzene rings is 5. The van der Waals surface area contributed by atoms with E-state index in [9.17, 15) is 9.82 Å². The van der Waals surface area contributed by atoms with Crippen LogP contribution < -0.4 is 10.8 Å². The molecule has 0 atom stereocenters. The third kappa shape index (κ3) is 2.45. The molecule has 4 nitrogen and oxygen atoms in total. The summed E-state index contributed by atoms with van der Waals surface area (Å²) in [7, 11) is -0.903.